The molecule has 9 aromatic rings. The third-order valence-corrected chi connectivity index (χ3v) is 12.6. The second kappa shape index (κ2) is 12.5. The summed E-state index contributed by atoms with van der Waals surface area (Å²) in [6.07, 6.45) is 2.40. The van der Waals surface area contributed by atoms with E-state index in [4.69, 9.17) is 0 Å². The van der Waals surface area contributed by atoms with Gasteiger partial charge in [0.15, 0.2) is 0 Å². The van der Waals surface area contributed by atoms with Gasteiger partial charge in [0.1, 0.15) is 0 Å². The molecule has 0 spiro atoms. The van der Waals surface area contributed by atoms with Gasteiger partial charge in [0, 0.05) is 38.8 Å². The van der Waals surface area contributed by atoms with Crippen molar-refractivity contribution in [3.63, 3.8) is 0 Å². The number of benzene rings is 8. The van der Waals surface area contributed by atoms with E-state index in [1.54, 1.807) is 0 Å². The minimum absolute atomic E-state index is 0.127. The summed E-state index contributed by atoms with van der Waals surface area (Å²) in [5.41, 5.74) is 14.1. The van der Waals surface area contributed by atoms with Crippen molar-refractivity contribution in [1.29, 1.82) is 0 Å². The largest absolute Gasteiger partial charge is 0.309 e. The first-order valence-corrected chi connectivity index (χ1v) is 19.7. The quantitative estimate of drug-likeness (QED) is 0.161. The number of aryl methyl sites for hydroxylation is 1. The van der Waals surface area contributed by atoms with Crippen molar-refractivity contribution < 1.29 is 0 Å². The third kappa shape index (κ3) is 5.23. The van der Waals surface area contributed by atoms with Crippen LogP contribution in [0.5, 0.6) is 0 Å². The maximum absolute atomic E-state index is 2.50. The molecule has 55 heavy (non-hydrogen) atoms. The van der Waals surface area contributed by atoms with Crippen LogP contribution >= 0.6 is 0 Å². The Morgan fingerprint density at radius 2 is 1.05 bits per heavy atom. The summed E-state index contributed by atoms with van der Waals surface area (Å²) in [5, 5.41) is 7.51. The summed E-state index contributed by atoms with van der Waals surface area (Å²) in [4.78, 5) is 2.49. The van der Waals surface area contributed by atoms with E-state index in [9.17, 15) is 0 Å². The molecule has 0 fully saturated rings. The summed E-state index contributed by atoms with van der Waals surface area (Å²) in [7, 11) is 0. The van der Waals surface area contributed by atoms with Crippen molar-refractivity contribution in [2.45, 2.75) is 58.3 Å². The molecule has 8 aromatic carbocycles. The number of hydrogen-bond acceptors (Lipinski definition) is 1. The average Bonchev–Trinajstić information content (AvgIpc) is 3.54. The summed E-state index contributed by atoms with van der Waals surface area (Å²) < 4.78 is 2.50. The number of anilines is 3. The SMILES string of the molecule is Cc1ccccc1N(c1ccccc1)c1c(-c2ccc3c(c2)c2ccccc2n3-c2ccc3c(c2)C(C)(C)CCC3(C)C)c2ccccc2c2ccccc12. The van der Waals surface area contributed by atoms with E-state index in [0.717, 1.165) is 5.69 Å². The van der Waals surface area contributed by atoms with Crippen LogP contribution in [0.3, 0.4) is 0 Å². The van der Waals surface area contributed by atoms with Crippen LogP contribution in [0.25, 0.3) is 60.2 Å². The van der Waals surface area contributed by atoms with Crippen LogP contribution in [-0.2, 0) is 10.8 Å². The molecule has 2 heteroatoms. The number of rotatable bonds is 5. The molecule has 0 saturated carbocycles. The highest BCUT2D eigenvalue weighted by molar-refractivity contribution is 6.23. The zero-order valence-corrected chi connectivity index (χ0v) is 32.4. The Morgan fingerprint density at radius 1 is 0.473 bits per heavy atom. The van der Waals surface area contributed by atoms with E-state index in [-0.39, 0.29) is 10.8 Å². The summed E-state index contributed by atoms with van der Waals surface area (Å²) in [6, 6.07) is 60.9. The predicted molar refractivity (Wildman–Crippen MR) is 236 cm³/mol. The van der Waals surface area contributed by atoms with Crippen molar-refractivity contribution >= 4 is 60.4 Å². The fourth-order valence-electron chi connectivity index (χ4n) is 9.55. The monoisotopic (exact) mass is 710 g/mol. The molecule has 2 nitrogen and oxygen atoms in total. The minimum atomic E-state index is 0.127. The smallest absolute Gasteiger partial charge is 0.0625 e. The van der Waals surface area contributed by atoms with Gasteiger partial charge in [-0.25, -0.2) is 0 Å². The first-order valence-electron chi connectivity index (χ1n) is 19.7. The van der Waals surface area contributed by atoms with Gasteiger partial charge in [0.25, 0.3) is 0 Å². The van der Waals surface area contributed by atoms with Crippen LogP contribution in [0, 0.1) is 6.92 Å². The van der Waals surface area contributed by atoms with Gasteiger partial charge in [-0.3, -0.25) is 0 Å². The van der Waals surface area contributed by atoms with Crippen LogP contribution in [0.4, 0.5) is 17.1 Å². The highest BCUT2D eigenvalue weighted by Gasteiger charge is 2.37. The molecule has 10 rings (SSSR count). The van der Waals surface area contributed by atoms with Crippen LogP contribution in [0.2, 0.25) is 0 Å². The van der Waals surface area contributed by atoms with Crippen molar-refractivity contribution in [1.82, 2.24) is 4.57 Å². The molecule has 0 saturated heterocycles. The van der Waals surface area contributed by atoms with E-state index in [0.29, 0.717) is 0 Å². The van der Waals surface area contributed by atoms with Crippen molar-refractivity contribution in [2.24, 2.45) is 0 Å². The lowest BCUT2D eigenvalue weighted by atomic mass is 9.63. The summed E-state index contributed by atoms with van der Waals surface area (Å²) >= 11 is 0. The van der Waals surface area contributed by atoms with Crippen LogP contribution in [0.15, 0.2) is 164 Å². The van der Waals surface area contributed by atoms with Gasteiger partial charge < -0.3 is 9.47 Å². The van der Waals surface area contributed by atoms with Crippen molar-refractivity contribution in [3.8, 4) is 16.8 Å². The predicted octanol–water partition coefficient (Wildman–Crippen LogP) is 14.9. The van der Waals surface area contributed by atoms with Gasteiger partial charge in [-0.1, -0.05) is 143 Å². The van der Waals surface area contributed by atoms with Gasteiger partial charge in [-0.15, -0.1) is 0 Å². The van der Waals surface area contributed by atoms with E-state index in [1.165, 1.54) is 101 Å². The van der Waals surface area contributed by atoms with Crippen molar-refractivity contribution in [3.05, 3.63) is 180 Å². The van der Waals surface area contributed by atoms with Gasteiger partial charge in [-0.2, -0.15) is 0 Å². The molecule has 0 unspecified atom stereocenters. The topological polar surface area (TPSA) is 8.17 Å². The molecule has 0 amide bonds. The van der Waals surface area contributed by atoms with E-state index >= 15 is 0 Å². The Hall–Kier alpha value is -6.12. The second-order valence-corrected chi connectivity index (χ2v) is 16.9. The minimum Gasteiger partial charge on any atom is -0.309 e. The lowest BCUT2D eigenvalue weighted by Gasteiger charge is -2.42. The molecule has 268 valence electrons. The van der Waals surface area contributed by atoms with Gasteiger partial charge in [-0.05, 0) is 118 Å². The standard InChI is InChI=1S/C53H46N2/c1-35-17-9-15-25-47(35)55(37-18-7-6-8-19-37)51-43-24-13-11-21-40(43)39-20-10-12-23-42(39)50(51)36-27-30-49-44(33-36)41-22-14-16-26-48(41)54(49)38-28-29-45-46(34-38)53(4,5)32-31-52(45,2)3/h6-30,33-34H,31-32H2,1-5H3. The van der Waals surface area contributed by atoms with Crippen LogP contribution in [-0.4, -0.2) is 4.57 Å². The van der Waals surface area contributed by atoms with E-state index in [2.05, 4.69) is 208 Å². The second-order valence-electron chi connectivity index (χ2n) is 16.9. The number of nitrogens with zero attached hydrogens (tertiary/aromatic N) is 2. The fourth-order valence-corrected chi connectivity index (χ4v) is 9.55. The van der Waals surface area contributed by atoms with E-state index in [1.807, 2.05) is 0 Å². The van der Waals surface area contributed by atoms with Crippen molar-refractivity contribution in [2.75, 3.05) is 4.90 Å². The summed E-state index contributed by atoms with van der Waals surface area (Å²) in [5.74, 6) is 0. The maximum atomic E-state index is 2.50. The zero-order chi connectivity index (χ0) is 37.5. The van der Waals surface area contributed by atoms with Crippen LogP contribution in [0.1, 0.15) is 57.2 Å². The van der Waals surface area contributed by atoms with E-state index < -0.39 is 0 Å². The molecular weight excluding hydrogens is 665 g/mol. The molecule has 0 radical (unpaired) electrons. The lowest BCUT2D eigenvalue weighted by molar-refractivity contribution is 0.332. The number of aromatic nitrogens is 1. The molecule has 0 atom stereocenters. The zero-order valence-electron chi connectivity index (χ0n) is 32.4. The first kappa shape index (κ1) is 33.4. The summed E-state index contributed by atoms with van der Waals surface area (Å²) in [6.45, 7) is 11.9. The molecular formula is C53H46N2. The maximum Gasteiger partial charge on any atom is 0.0625 e. The Balaban J connectivity index is 1.29. The molecule has 0 N–H and O–H groups in total. The highest BCUT2D eigenvalue weighted by Crippen LogP contribution is 2.51. The highest BCUT2D eigenvalue weighted by atomic mass is 15.1. The molecule has 0 aliphatic heterocycles. The van der Waals surface area contributed by atoms with Gasteiger partial charge >= 0.3 is 0 Å². The molecule has 1 aliphatic rings. The van der Waals surface area contributed by atoms with Crippen LogP contribution < -0.4 is 4.90 Å². The Kier molecular flexibility index (Phi) is 7.58. The number of fused-ring (bicyclic) bond motifs is 7. The van der Waals surface area contributed by atoms with Gasteiger partial charge in [0.2, 0.25) is 0 Å². The number of hydrogen-bond donors (Lipinski definition) is 0. The molecule has 1 aromatic heterocycles. The Morgan fingerprint density at radius 3 is 1.80 bits per heavy atom. The normalized spacial score (nSPS) is 14.8. The number of para-hydroxylation sites is 3. The fraction of sp³-hybridized carbons (Fsp3) is 0.170. The third-order valence-electron chi connectivity index (χ3n) is 12.6. The Bertz CT molecular complexity index is 2940. The average molecular weight is 711 g/mol. The molecule has 1 heterocycles. The Labute approximate surface area is 324 Å². The molecule has 1 aliphatic carbocycles. The lowest BCUT2D eigenvalue weighted by Crippen LogP contribution is -2.33. The first-order chi connectivity index (χ1) is 26.7. The van der Waals surface area contributed by atoms with Gasteiger partial charge in [0.05, 0.1) is 16.7 Å². The molecule has 0 bridgehead atoms.